The van der Waals surface area contributed by atoms with Gasteiger partial charge in [-0.2, -0.15) is 0 Å². The summed E-state index contributed by atoms with van der Waals surface area (Å²) in [7, 11) is 0. The van der Waals surface area contributed by atoms with Crippen molar-refractivity contribution in [1.82, 2.24) is 9.55 Å². The van der Waals surface area contributed by atoms with Gasteiger partial charge in [0.1, 0.15) is 11.6 Å². The van der Waals surface area contributed by atoms with E-state index in [1.165, 1.54) is 6.07 Å². The summed E-state index contributed by atoms with van der Waals surface area (Å²) in [5, 5.41) is 0.0920. The lowest BCUT2D eigenvalue weighted by atomic mass is 10.0. The first-order valence-electron chi connectivity index (χ1n) is 6.67. The van der Waals surface area contributed by atoms with Crippen LogP contribution in [0.25, 0.3) is 11.0 Å². The van der Waals surface area contributed by atoms with Crippen LogP contribution in [0.5, 0.6) is 0 Å². The van der Waals surface area contributed by atoms with Gasteiger partial charge >= 0.3 is 0 Å². The summed E-state index contributed by atoms with van der Waals surface area (Å²) in [6, 6.07) is 3.00. The molecule has 1 aromatic heterocycles. The standard InChI is InChI=1S/C14H15Cl2FN2O/c15-7-14-18-12-5-10(16)11(17)6-13(12)19(14)8-9-1-3-20-4-2-9/h5-6,9H,1-4,7-8H2. The highest BCUT2D eigenvalue weighted by molar-refractivity contribution is 6.31. The van der Waals surface area contributed by atoms with Crippen LogP contribution in [0.4, 0.5) is 4.39 Å². The molecule has 0 atom stereocenters. The summed E-state index contributed by atoms with van der Waals surface area (Å²) in [5.74, 6) is 1.15. The largest absolute Gasteiger partial charge is 0.381 e. The van der Waals surface area contributed by atoms with Crippen molar-refractivity contribution < 1.29 is 9.13 Å². The highest BCUT2D eigenvalue weighted by atomic mass is 35.5. The van der Waals surface area contributed by atoms with E-state index in [1.54, 1.807) is 6.07 Å². The van der Waals surface area contributed by atoms with E-state index in [0.717, 1.165) is 43.9 Å². The lowest BCUT2D eigenvalue weighted by Gasteiger charge is -2.23. The first-order valence-corrected chi connectivity index (χ1v) is 7.58. The van der Waals surface area contributed by atoms with E-state index in [2.05, 4.69) is 4.98 Å². The zero-order chi connectivity index (χ0) is 14.1. The molecule has 2 heterocycles. The molecule has 0 bridgehead atoms. The number of nitrogens with zero attached hydrogens (tertiary/aromatic N) is 2. The third kappa shape index (κ3) is 2.65. The van der Waals surface area contributed by atoms with Crippen LogP contribution in [0.1, 0.15) is 18.7 Å². The molecule has 3 rings (SSSR count). The van der Waals surface area contributed by atoms with Gasteiger partial charge in [-0.15, -0.1) is 11.6 Å². The number of hydrogen-bond donors (Lipinski definition) is 0. The fourth-order valence-electron chi connectivity index (χ4n) is 2.66. The lowest BCUT2D eigenvalue weighted by Crippen LogP contribution is -2.21. The molecule has 1 aromatic carbocycles. The van der Waals surface area contributed by atoms with Crippen molar-refractivity contribution in [1.29, 1.82) is 0 Å². The fraction of sp³-hybridized carbons (Fsp3) is 0.500. The van der Waals surface area contributed by atoms with Crippen molar-refractivity contribution in [2.24, 2.45) is 5.92 Å². The maximum atomic E-state index is 13.7. The maximum absolute atomic E-state index is 13.7. The second kappa shape index (κ2) is 5.88. The van der Waals surface area contributed by atoms with Gasteiger partial charge in [-0.1, -0.05) is 11.6 Å². The van der Waals surface area contributed by atoms with Crippen LogP contribution in [0.2, 0.25) is 5.02 Å². The van der Waals surface area contributed by atoms with Crippen LogP contribution in [0.3, 0.4) is 0 Å². The zero-order valence-corrected chi connectivity index (χ0v) is 12.4. The third-order valence-corrected chi connectivity index (χ3v) is 4.30. The highest BCUT2D eigenvalue weighted by Crippen LogP contribution is 2.27. The lowest BCUT2D eigenvalue weighted by molar-refractivity contribution is 0.0614. The van der Waals surface area contributed by atoms with Crippen LogP contribution >= 0.6 is 23.2 Å². The summed E-state index contributed by atoms with van der Waals surface area (Å²) in [6.07, 6.45) is 2.02. The molecule has 6 heteroatoms. The number of aromatic nitrogens is 2. The molecule has 0 N–H and O–H groups in total. The van der Waals surface area contributed by atoms with Crippen molar-refractivity contribution in [2.75, 3.05) is 13.2 Å². The van der Waals surface area contributed by atoms with E-state index in [1.807, 2.05) is 4.57 Å². The SMILES string of the molecule is Fc1cc2c(cc1Cl)nc(CCl)n2CC1CCOCC1. The Morgan fingerprint density at radius 2 is 2.10 bits per heavy atom. The summed E-state index contributed by atoms with van der Waals surface area (Å²) in [4.78, 5) is 4.45. The minimum Gasteiger partial charge on any atom is -0.381 e. The first-order chi connectivity index (χ1) is 9.69. The van der Waals surface area contributed by atoms with Gasteiger partial charge in [-0.3, -0.25) is 0 Å². The highest BCUT2D eigenvalue weighted by Gasteiger charge is 2.19. The Balaban J connectivity index is 2.00. The minimum absolute atomic E-state index is 0.0920. The van der Waals surface area contributed by atoms with Gasteiger partial charge in [0.15, 0.2) is 0 Å². The summed E-state index contributed by atoms with van der Waals surface area (Å²) in [5.41, 5.74) is 1.45. The normalized spacial score (nSPS) is 16.9. The molecule has 0 unspecified atom stereocenters. The van der Waals surface area contributed by atoms with Crippen LogP contribution in [0, 0.1) is 11.7 Å². The topological polar surface area (TPSA) is 27.1 Å². The number of benzene rings is 1. The average molecular weight is 317 g/mol. The number of hydrogen-bond acceptors (Lipinski definition) is 2. The Hall–Kier alpha value is -0.840. The van der Waals surface area contributed by atoms with E-state index in [0.29, 0.717) is 17.3 Å². The number of imidazole rings is 1. The summed E-state index contributed by atoms with van der Waals surface area (Å²) < 4.78 is 21.1. The summed E-state index contributed by atoms with van der Waals surface area (Å²) >= 11 is 11.8. The zero-order valence-electron chi connectivity index (χ0n) is 10.9. The van der Waals surface area contributed by atoms with E-state index in [9.17, 15) is 4.39 Å². The minimum atomic E-state index is -0.423. The smallest absolute Gasteiger partial charge is 0.144 e. The maximum Gasteiger partial charge on any atom is 0.144 e. The van der Waals surface area contributed by atoms with Crippen LogP contribution in [-0.4, -0.2) is 22.8 Å². The van der Waals surface area contributed by atoms with Gasteiger partial charge < -0.3 is 9.30 Å². The number of ether oxygens (including phenoxy) is 1. The van der Waals surface area contributed by atoms with Crippen molar-refractivity contribution in [3.05, 3.63) is 28.8 Å². The number of alkyl halides is 1. The molecule has 0 aliphatic carbocycles. The van der Waals surface area contributed by atoms with E-state index < -0.39 is 5.82 Å². The van der Waals surface area contributed by atoms with Crippen molar-refractivity contribution in [3.8, 4) is 0 Å². The molecule has 1 saturated heterocycles. The quantitative estimate of drug-likeness (QED) is 0.800. The van der Waals surface area contributed by atoms with E-state index in [4.69, 9.17) is 27.9 Å². The van der Waals surface area contributed by atoms with Gasteiger partial charge in [-0.25, -0.2) is 9.37 Å². The number of halogens is 3. The molecule has 108 valence electrons. The average Bonchev–Trinajstić information content (AvgIpc) is 2.78. The number of rotatable bonds is 3. The molecule has 1 aliphatic rings. The Kier molecular flexibility index (Phi) is 4.15. The van der Waals surface area contributed by atoms with Crippen molar-refractivity contribution >= 4 is 34.2 Å². The second-order valence-corrected chi connectivity index (χ2v) is 5.76. The monoisotopic (exact) mass is 316 g/mol. The summed E-state index contributed by atoms with van der Waals surface area (Å²) in [6.45, 7) is 2.37. The van der Waals surface area contributed by atoms with E-state index in [-0.39, 0.29) is 5.02 Å². The molecule has 20 heavy (non-hydrogen) atoms. The first kappa shape index (κ1) is 14.1. The van der Waals surface area contributed by atoms with E-state index >= 15 is 0 Å². The molecule has 0 saturated carbocycles. The van der Waals surface area contributed by atoms with Crippen molar-refractivity contribution in [2.45, 2.75) is 25.3 Å². The molecule has 0 spiro atoms. The molecular formula is C14H15Cl2FN2O. The predicted molar refractivity (Wildman–Crippen MR) is 77.8 cm³/mol. The molecular weight excluding hydrogens is 302 g/mol. The predicted octanol–water partition coefficient (Wildman–Crippen LogP) is 3.99. The van der Waals surface area contributed by atoms with Crippen molar-refractivity contribution in [3.63, 3.8) is 0 Å². The Labute approximate surface area is 126 Å². The Morgan fingerprint density at radius 1 is 1.35 bits per heavy atom. The molecule has 3 nitrogen and oxygen atoms in total. The number of fused-ring (bicyclic) bond motifs is 1. The van der Waals surface area contributed by atoms with Gasteiger partial charge in [0.2, 0.25) is 0 Å². The molecule has 1 fully saturated rings. The third-order valence-electron chi connectivity index (χ3n) is 3.77. The fourth-order valence-corrected chi connectivity index (χ4v) is 3.02. The van der Waals surface area contributed by atoms with Crippen LogP contribution < -0.4 is 0 Å². The second-order valence-electron chi connectivity index (χ2n) is 5.08. The molecule has 1 aliphatic heterocycles. The van der Waals surface area contributed by atoms with Crippen LogP contribution in [-0.2, 0) is 17.2 Å². The molecule has 0 amide bonds. The van der Waals surface area contributed by atoms with Gasteiger partial charge in [0, 0.05) is 25.8 Å². The Bertz CT molecular complexity index is 623. The Morgan fingerprint density at radius 3 is 2.80 bits per heavy atom. The molecule has 2 aromatic rings. The van der Waals surface area contributed by atoms with Gasteiger partial charge in [0.25, 0.3) is 0 Å². The van der Waals surface area contributed by atoms with Gasteiger partial charge in [0.05, 0.1) is 21.9 Å². The molecule has 0 radical (unpaired) electrons. The van der Waals surface area contributed by atoms with Crippen LogP contribution in [0.15, 0.2) is 12.1 Å². The van der Waals surface area contributed by atoms with Gasteiger partial charge in [-0.05, 0) is 24.8 Å².